The van der Waals surface area contributed by atoms with E-state index in [1.165, 1.54) is 11.3 Å². The van der Waals surface area contributed by atoms with Gasteiger partial charge in [-0.05, 0) is 12.1 Å². The summed E-state index contributed by atoms with van der Waals surface area (Å²) in [5.74, 6) is -0.219. The van der Waals surface area contributed by atoms with Crippen LogP contribution in [0.4, 0.5) is 0 Å². The molecule has 3 nitrogen and oxygen atoms in total. The molecule has 0 saturated heterocycles. The van der Waals surface area contributed by atoms with Gasteiger partial charge in [-0.25, -0.2) is 0 Å². The Balaban J connectivity index is 2.74. The zero-order valence-electron chi connectivity index (χ0n) is 8.11. The summed E-state index contributed by atoms with van der Waals surface area (Å²) < 4.78 is 4.99. The van der Waals surface area contributed by atoms with Gasteiger partial charge in [-0.15, -0.1) is 0 Å². The second-order valence-electron chi connectivity index (χ2n) is 2.95. The van der Waals surface area contributed by atoms with Crippen LogP contribution < -0.4 is 4.74 Å². The van der Waals surface area contributed by atoms with Gasteiger partial charge >= 0.3 is 0 Å². The lowest BCUT2D eigenvalue weighted by atomic mass is 10.0. The van der Waals surface area contributed by atoms with Gasteiger partial charge in [-0.2, -0.15) is 5.26 Å². The van der Waals surface area contributed by atoms with Crippen LogP contribution in [0.2, 0.25) is 0 Å². The Hall–Kier alpha value is -1.34. The van der Waals surface area contributed by atoms with E-state index in [4.69, 9.17) is 10.00 Å². The third kappa shape index (κ3) is 2.33. The largest absolute Gasteiger partial charge is 0.487 e. The predicted octanol–water partition coefficient (Wildman–Crippen LogP) is 2.49. The first kappa shape index (κ1) is 10.7. The topological polar surface area (TPSA) is 50.1 Å². The van der Waals surface area contributed by atoms with Crippen molar-refractivity contribution in [1.82, 2.24) is 0 Å². The fraction of sp³-hybridized carbons (Fsp3) is 0.400. The highest BCUT2D eigenvalue weighted by Gasteiger charge is 2.16. The summed E-state index contributed by atoms with van der Waals surface area (Å²) in [6, 6.07) is 5.49. The molecule has 1 rings (SSSR count). The first-order chi connectivity index (χ1) is 6.69. The van der Waals surface area contributed by atoms with Gasteiger partial charge in [0.15, 0.2) is 10.8 Å². The molecule has 0 bridgehead atoms. The van der Waals surface area contributed by atoms with E-state index in [2.05, 4.69) is 0 Å². The van der Waals surface area contributed by atoms with Crippen LogP contribution in [0.3, 0.4) is 0 Å². The normalized spacial score (nSPS) is 11.8. The van der Waals surface area contributed by atoms with E-state index < -0.39 is 0 Å². The van der Waals surface area contributed by atoms with Gasteiger partial charge in [-0.3, -0.25) is 4.79 Å². The number of thiophene rings is 1. The van der Waals surface area contributed by atoms with Crippen LogP contribution in [-0.4, -0.2) is 12.9 Å². The highest BCUT2D eigenvalue weighted by atomic mass is 32.1. The van der Waals surface area contributed by atoms with E-state index in [-0.39, 0.29) is 18.1 Å². The Morgan fingerprint density at radius 2 is 2.43 bits per heavy atom. The molecule has 0 aliphatic rings. The van der Waals surface area contributed by atoms with Crippen LogP contribution in [0.5, 0.6) is 5.06 Å². The SMILES string of the molecule is COc1ccc(C(=O)C(C)CC#N)s1. The summed E-state index contributed by atoms with van der Waals surface area (Å²) in [6.45, 7) is 1.76. The standard InChI is InChI=1S/C10H11NO2S/c1-7(5-6-11)10(12)8-3-4-9(13-2)14-8/h3-4,7H,5H2,1-2H3. The minimum Gasteiger partial charge on any atom is -0.487 e. The molecular weight excluding hydrogens is 198 g/mol. The first-order valence-electron chi connectivity index (χ1n) is 4.24. The molecule has 0 aliphatic heterocycles. The fourth-order valence-corrected chi connectivity index (χ4v) is 1.91. The van der Waals surface area contributed by atoms with Crippen molar-refractivity contribution in [1.29, 1.82) is 5.26 Å². The van der Waals surface area contributed by atoms with Crippen molar-refractivity contribution in [3.05, 3.63) is 17.0 Å². The first-order valence-corrected chi connectivity index (χ1v) is 5.05. The highest BCUT2D eigenvalue weighted by molar-refractivity contribution is 7.15. The Morgan fingerprint density at radius 1 is 1.71 bits per heavy atom. The molecule has 0 radical (unpaired) electrons. The van der Waals surface area contributed by atoms with Gasteiger partial charge in [0.1, 0.15) is 0 Å². The molecule has 4 heteroatoms. The van der Waals surface area contributed by atoms with E-state index in [0.29, 0.717) is 4.88 Å². The molecule has 74 valence electrons. The predicted molar refractivity (Wildman–Crippen MR) is 54.6 cm³/mol. The summed E-state index contributed by atoms with van der Waals surface area (Å²) in [6.07, 6.45) is 0.263. The third-order valence-corrected chi connectivity index (χ3v) is 2.93. The fourth-order valence-electron chi connectivity index (χ4n) is 1.03. The number of nitrogens with zero attached hydrogens (tertiary/aromatic N) is 1. The van der Waals surface area contributed by atoms with Crippen LogP contribution in [0, 0.1) is 17.2 Å². The molecule has 0 saturated carbocycles. The molecule has 14 heavy (non-hydrogen) atoms. The number of ether oxygens (including phenoxy) is 1. The molecule has 0 N–H and O–H groups in total. The molecule has 1 aromatic rings. The number of hydrogen-bond donors (Lipinski definition) is 0. The van der Waals surface area contributed by atoms with Gasteiger partial charge in [-0.1, -0.05) is 18.3 Å². The molecule has 1 unspecified atom stereocenters. The summed E-state index contributed by atoms with van der Waals surface area (Å²) in [4.78, 5) is 12.3. The minimum atomic E-state index is -0.233. The Labute approximate surface area is 86.9 Å². The molecular formula is C10H11NO2S. The molecule has 0 aromatic carbocycles. The van der Waals surface area contributed by atoms with Gasteiger partial charge < -0.3 is 4.74 Å². The number of ketones is 1. The summed E-state index contributed by atoms with van der Waals surface area (Å²) >= 11 is 1.31. The van der Waals surface area contributed by atoms with Crippen molar-refractivity contribution >= 4 is 17.1 Å². The smallest absolute Gasteiger partial charge is 0.176 e. The Kier molecular flexibility index (Phi) is 3.66. The van der Waals surface area contributed by atoms with Gasteiger partial charge in [0.25, 0.3) is 0 Å². The van der Waals surface area contributed by atoms with Crippen molar-refractivity contribution in [2.75, 3.05) is 7.11 Å². The maximum atomic E-state index is 11.7. The lowest BCUT2D eigenvalue weighted by molar-refractivity contribution is 0.0936. The van der Waals surface area contributed by atoms with Crippen molar-refractivity contribution < 1.29 is 9.53 Å². The van der Waals surface area contributed by atoms with Gasteiger partial charge in [0, 0.05) is 12.3 Å². The molecule has 0 fully saturated rings. The number of rotatable bonds is 4. The van der Waals surface area contributed by atoms with Crippen molar-refractivity contribution in [3.8, 4) is 11.1 Å². The van der Waals surface area contributed by atoms with Crippen molar-refractivity contribution in [2.45, 2.75) is 13.3 Å². The highest BCUT2D eigenvalue weighted by Crippen LogP contribution is 2.26. The molecule has 1 atom stereocenters. The molecule has 0 aliphatic carbocycles. The van der Waals surface area contributed by atoms with Crippen LogP contribution in [0.15, 0.2) is 12.1 Å². The quantitative estimate of drug-likeness (QED) is 0.716. The molecule has 0 amide bonds. The van der Waals surface area contributed by atoms with Crippen LogP contribution in [-0.2, 0) is 0 Å². The molecule has 1 aromatic heterocycles. The second-order valence-corrected chi connectivity index (χ2v) is 4.00. The number of nitriles is 1. The number of Topliss-reactive ketones (excluding diaryl/α,β-unsaturated/α-hetero) is 1. The molecule has 1 heterocycles. The zero-order valence-corrected chi connectivity index (χ0v) is 8.93. The van der Waals surface area contributed by atoms with E-state index in [1.54, 1.807) is 26.2 Å². The third-order valence-electron chi connectivity index (χ3n) is 1.87. The number of hydrogen-bond acceptors (Lipinski definition) is 4. The van der Waals surface area contributed by atoms with Crippen LogP contribution in [0.25, 0.3) is 0 Å². The summed E-state index contributed by atoms with van der Waals surface area (Å²) in [5.41, 5.74) is 0. The van der Waals surface area contributed by atoms with Crippen LogP contribution >= 0.6 is 11.3 Å². The summed E-state index contributed by atoms with van der Waals surface area (Å²) in [7, 11) is 1.57. The van der Waals surface area contributed by atoms with E-state index >= 15 is 0 Å². The monoisotopic (exact) mass is 209 g/mol. The number of methoxy groups -OCH3 is 1. The lowest BCUT2D eigenvalue weighted by Crippen LogP contribution is -2.08. The number of carbonyl (C=O) groups excluding carboxylic acids is 1. The molecule has 0 spiro atoms. The maximum Gasteiger partial charge on any atom is 0.176 e. The van der Waals surface area contributed by atoms with E-state index in [0.717, 1.165) is 5.06 Å². The zero-order chi connectivity index (χ0) is 10.6. The van der Waals surface area contributed by atoms with E-state index in [9.17, 15) is 4.79 Å². The second kappa shape index (κ2) is 4.77. The number of carbonyl (C=O) groups is 1. The van der Waals surface area contributed by atoms with Crippen molar-refractivity contribution in [2.24, 2.45) is 5.92 Å². The van der Waals surface area contributed by atoms with Crippen molar-refractivity contribution in [3.63, 3.8) is 0 Å². The van der Waals surface area contributed by atoms with Crippen LogP contribution in [0.1, 0.15) is 23.0 Å². The average Bonchev–Trinajstić information content (AvgIpc) is 2.65. The Bertz CT molecular complexity index is 364. The van der Waals surface area contributed by atoms with Gasteiger partial charge in [0.2, 0.25) is 0 Å². The Morgan fingerprint density at radius 3 is 2.93 bits per heavy atom. The van der Waals surface area contributed by atoms with Gasteiger partial charge in [0.05, 0.1) is 18.1 Å². The van der Waals surface area contributed by atoms with E-state index in [1.807, 2.05) is 6.07 Å². The minimum absolute atomic E-state index is 0.0138. The average molecular weight is 209 g/mol. The maximum absolute atomic E-state index is 11.7. The summed E-state index contributed by atoms with van der Waals surface area (Å²) in [5, 5.41) is 9.18. The lowest BCUT2D eigenvalue weighted by Gasteiger charge is -2.02.